The first-order valence-corrected chi connectivity index (χ1v) is 8.32. The quantitative estimate of drug-likeness (QED) is 0.808. The number of amides is 1. The second-order valence-electron chi connectivity index (χ2n) is 5.53. The van der Waals surface area contributed by atoms with Crippen LogP contribution in [0.25, 0.3) is 0 Å². The fraction of sp³-hybridized carbons (Fsp3) is 0.333. The van der Waals surface area contributed by atoms with Crippen LogP contribution in [0.5, 0.6) is 0 Å². The number of benzene rings is 1. The predicted octanol–water partition coefficient (Wildman–Crippen LogP) is 0.469. The monoisotopic (exact) mass is 338 g/mol. The number of sulfonamides is 1. The number of hydrogen-bond donors (Lipinski definition) is 1. The lowest BCUT2D eigenvalue weighted by atomic mass is 10.1. The number of rotatable bonds is 3. The Labute approximate surface area is 134 Å². The summed E-state index contributed by atoms with van der Waals surface area (Å²) in [5.74, 6) is -1.89. The summed E-state index contributed by atoms with van der Waals surface area (Å²) in [5.41, 5.74) is 0.547. The van der Waals surface area contributed by atoms with E-state index in [0.29, 0.717) is 0 Å². The van der Waals surface area contributed by atoms with Crippen LogP contribution in [0.1, 0.15) is 5.56 Å². The van der Waals surface area contributed by atoms with E-state index >= 15 is 0 Å². The highest BCUT2D eigenvalue weighted by Gasteiger charge is 2.37. The van der Waals surface area contributed by atoms with Crippen LogP contribution in [0.2, 0.25) is 0 Å². The van der Waals surface area contributed by atoms with Crippen molar-refractivity contribution in [2.24, 2.45) is 0 Å². The number of aryl methyl sites for hydroxylation is 1. The molecule has 1 heterocycles. The number of likely N-dealkylation sites (N-methyl/N-ethyl adjacent to an activating group) is 1. The highest BCUT2D eigenvalue weighted by Crippen LogP contribution is 2.22. The maximum Gasteiger partial charge on any atom is 0.260 e. The molecule has 0 aromatic heterocycles. The average molecular weight is 338 g/mol. The molecule has 0 saturated heterocycles. The van der Waals surface area contributed by atoms with Crippen molar-refractivity contribution in [2.45, 2.75) is 11.8 Å². The Kier molecular flexibility index (Phi) is 4.58. The number of carbonyl (C=O) groups excluding carboxylic acids is 2. The van der Waals surface area contributed by atoms with Gasteiger partial charge in [-0.25, -0.2) is 8.42 Å². The van der Waals surface area contributed by atoms with E-state index in [-0.39, 0.29) is 10.5 Å². The first kappa shape index (κ1) is 17.2. The molecule has 0 atom stereocenters. The summed E-state index contributed by atoms with van der Waals surface area (Å²) in [4.78, 5) is 25.2. The van der Waals surface area contributed by atoms with Crippen molar-refractivity contribution in [1.82, 2.24) is 9.21 Å². The first-order chi connectivity index (χ1) is 10.6. The van der Waals surface area contributed by atoms with Crippen LogP contribution in [0.15, 0.2) is 40.5 Å². The van der Waals surface area contributed by atoms with Crippen molar-refractivity contribution in [1.29, 1.82) is 0 Å². The van der Waals surface area contributed by atoms with Gasteiger partial charge in [-0.2, -0.15) is 4.31 Å². The molecule has 0 spiro atoms. The third kappa shape index (κ3) is 3.27. The Morgan fingerprint density at radius 1 is 1.17 bits per heavy atom. The SMILES string of the molecule is Cc1ccc(S(=O)(=O)N2CC(=O)C(C(=O)N(C)C)=C(O)C2)cc1. The molecule has 1 N–H and O–H groups in total. The minimum Gasteiger partial charge on any atom is -0.510 e. The maximum atomic E-state index is 12.5. The van der Waals surface area contributed by atoms with Crippen molar-refractivity contribution in [3.05, 3.63) is 41.2 Å². The van der Waals surface area contributed by atoms with Crippen LogP contribution in [-0.2, 0) is 19.6 Å². The van der Waals surface area contributed by atoms with Crippen molar-refractivity contribution in [3.8, 4) is 0 Å². The molecule has 0 aliphatic carbocycles. The molecule has 1 aliphatic heterocycles. The molecular weight excluding hydrogens is 320 g/mol. The van der Waals surface area contributed by atoms with Crippen LogP contribution in [-0.4, -0.2) is 61.6 Å². The lowest BCUT2D eigenvalue weighted by molar-refractivity contribution is -0.128. The molecule has 0 unspecified atom stereocenters. The number of carbonyl (C=O) groups is 2. The topological polar surface area (TPSA) is 95.0 Å². The number of ketones is 1. The summed E-state index contributed by atoms with van der Waals surface area (Å²) in [6, 6.07) is 6.18. The molecule has 0 saturated carbocycles. The maximum absolute atomic E-state index is 12.5. The second kappa shape index (κ2) is 6.13. The van der Waals surface area contributed by atoms with Gasteiger partial charge >= 0.3 is 0 Å². The molecule has 0 radical (unpaired) electrons. The minimum atomic E-state index is -3.92. The molecule has 0 fully saturated rings. The van der Waals surface area contributed by atoms with E-state index in [4.69, 9.17) is 0 Å². The molecule has 1 aromatic rings. The van der Waals surface area contributed by atoms with Crippen molar-refractivity contribution < 1.29 is 23.1 Å². The molecule has 1 aromatic carbocycles. The van der Waals surface area contributed by atoms with Crippen molar-refractivity contribution in [2.75, 3.05) is 27.2 Å². The normalized spacial score (nSPS) is 16.6. The van der Waals surface area contributed by atoms with Crippen LogP contribution < -0.4 is 0 Å². The molecule has 1 amide bonds. The lowest BCUT2D eigenvalue weighted by Gasteiger charge is -2.27. The standard InChI is InChI=1S/C15H18N2O5S/c1-10-4-6-11(7-5-10)23(21,22)17-8-12(18)14(13(19)9-17)15(20)16(2)3/h4-7,18H,8-9H2,1-3H3. The van der Waals surface area contributed by atoms with Gasteiger partial charge in [0.15, 0.2) is 5.78 Å². The summed E-state index contributed by atoms with van der Waals surface area (Å²) in [7, 11) is -1.02. The zero-order valence-electron chi connectivity index (χ0n) is 13.1. The van der Waals surface area contributed by atoms with E-state index in [2.05, 4.69) is 0 Å². The smallest absolute Gasteiger partial charge is 0.260 e. The number of nitrogens with zero attached hydrogens (tertiary/aromatic N) is 2. The fourth-order valence-corrected chi connectivity index (χ4v) is 3.56. The molecule has 23 heavy (non-hydrogen) atoms. The zero-order chi connectivity index (χ0) is 17.4. The van der Waals surface area contributed by atoms with Gasteiger partial charge in [-0.1, -0.05) is 17.7 Å². The van der Waals surface area contributed by atoms with E-state index in [1.54, 1.807) is 12.1 Å². The van der Waals surface area contributed by atoms with E-state index in [9.17, 15) is 23.1 Å². The summed E-state index contributed by atoms with van der Waals surface area (Å²) < 4.78 is 26.0. The molecular formula is C15H18N2O5S. The third-order valence-corrected chi connectivity index (χ3v) is 5.30. The van der Waals surface area contributed by atoms with E-state index < -0.39 is 40.6 Å². The summed E-state index contributed by atoms with van der Waals surface area (Å²) in [6.45, 7) is 0.945. The molecule has 1 aliphatic rings. The Morgan fingerprint density at radius 2 is 1.74 bits per heavy atom. The van der Waals surface area contributed by atoms with Gasteiger partial charge in [0.25, 0.3) is 5.91 Å². The first-order valence-electron chi connectivity index (χ1n) is 6.88. The number of hydrogen-bond acceptors (Lipinski definition) is 5. The van der Waals surface area contributed by atoms with Gasteiger partial charge in [0.1, 0.15) is 11.3 Å². The van der Waals surface area contributed by atoms with E-state index in [1.165, 1.54) is 26.2 Å². The second-order valence-corrected chi connectivity index (χ2v) is 7.47. The Hall–Kier alpha value is -2.19. The van der Waals surface area contributed by atoms with Crippen molar-refractivity contribution in [3.63, 3.8) is 0 Å². The van der Waals surface area contributed by atoms with Gasteiger partial charge < -0.3 is 10.0 Å². The predicted molar refractivity (Wildman–Crippen MR) is 83.3 cm³/mol. The molecule has 124 valence electrons. The summed E-state index contributed by atoms with van der Waals surface area (Å²) in [5, 5.41) is 9.99. The van der Waals surface area contributed by atoms with Gasteiger partial charge in [-0.3, -0.25) is 9.59 Å². The van der Waals surface area contributed by atoms with E-state index in [1.807, 2.05) is 6.92 Å². The molecule has 8 heteroatoms. The number of aliphatic hydroxyl groups is 1. The number of Topliss-reactive ketones (excluding diaryl/α,β-unsaturated/α-hetero) is 1. The van der Waals surface area contributed by atoms with Gasteiger partial charge in [-0.15, -0.1) is 0 Å². The third-order valence-electron chi connectivity index (χ3n) is 3.49. The molecule has 0 bridgehead atoms. The Bertz CT molecular complexity index is 779. The van der Waals surface area contributed by atoms with Crippen molar-refractivity contribution >= 4 is 21.7 Å². The number of aliphatic hydroxyl groups excluding tert-OH is 1. The zero-order valence-corrected chi connectivity index (χ0v) is 13.9. The molecule has 2 rings (SSSR count). The van der Waals surface area contributed by atoms with Crippen LogP contribution >= 0.6 is 0 Å². The largest absolute Gasteiger partial charge is 0.510 e. The minimum absolute atomic E-state index is 0.0334. The Balaban J connectivity index is 2.36. The fourth-order valence-electron chi connectivity index (χ4n) is 2.20. The summed E-state index contributed by atoms with van der Waals surface area (Å²) >= 11 is 0. The van der Waals surface area contributed by atoms with Gasteiger partial charge in [0, 0.05) is 14.1 Å². The average Bonchev–Trinajstić information content (AvgIpc) is 2.46. The van der Waals surface area contributed by atoms with Gasteiger partial charge in [-0.05, 0) is 19.1 Å². The van der Waals surface area contributed by atoms with Crippen LogP contribution in [0.3, 0.4) is 0 Å². The van der Waals surface area contributed by atoms with Gasteiger partial charge in [0.05, 0.1) is 18.0 Å². The van der Waals surface area contributed by atoms with E-state index in [0.717, 1.165) is 14.8 Å². The molecule has 7 nitrogen and oxygen atoms in total. The highest BCUT2D eigenvalue weighted by molar-refractivity contribution is 7.89. The van der Waals surface area contributed by atoms with Crippen LogP contribution in [0.4, 0.5) is 0 Å². The lowest BCUT2D eigenvalue weighted by Crippen LogP contribution is -2.44. The highest BCUT2D eigenvalue weighted by atomic mass is 32.2. The van der Waals surface area contributed by atoms with Crippen LogP contribution in [0, 0.1) is 6.92 Å². The van der Waals surface area contributed by atoms with Gasteiger partial charge in [0.2, 0.25) is 10.0 Å². The summed E-state index contributed by atoms with van der Waals surface area (Å²) in [6.07, 6.45) is 0. The Morgan fingerprint density at radius 3 is 2.22 bits per heavy atom.